The van der Waals surface area contributed by atoms with Crippen LogP contribution in [0.15, 0.2) is 60.7 Å². The number of rotatable bonds is 10. The summed E-state index contributed by atoms with van der Waals surface area (Å²) >= 11 is 1.59. The Morgan fingerprint density at radius 2 is 1.76 bits per heavy atom. The number of ether oxygens (including phenoxy) is 3. The Kier molecular flexibility index (Phi) is 10.0. The molecule has 0 spiro atoms. The number of hydrogen-bond acceptors (Lipinski definition) is 7. The molecule has 0 aliphatic carbocycles. The molecule has 1 aromatic heterocycles. The molecule has 3 aromatic rings. The average Bonchev–Trinajstić information content (AvgIpc) is 3.33. The van der Waals surface area contributed by atoms with E-state index < -0.39 is 17.7 Å². The van der Waals surface area contributed by atoms with Crippen LogP contribution in [0.2, 0.25) is 0 Å². The summed E-state index contributed by atoms with van der Waals surface area (Å²) < 4.78 is 16.4. The van der Waals surface area contributed by atoms with E-state index >= 15 is 0 Å². The first kappa shape index (κ1) is 30.1. The normalized spacial score (nSPS) is 13.6. The molecule has 0 saturated heterocycles. The molecule has 1 atom stereocenters. The molecular weight excluding hydrogens is 540 g/mol. The molecule has 1 aliphatic heterocycles. The Morgan fingerprint density at radius 1 is 1.02 bits per heavy atom. The van der Waals surface area contributed by atoms with Gasteiger partial charge in [0.05, 0.1) is 13.0 Å². The first-order valence-corrected chi connectivity index (χ1v) is 14.7. The van der Waals surface area contributed by atoms with Crippen molar-refractivity contribution in [2.75, 3.05) is 13.2 Å². The number of fused-ring (bicyclic) bond motifs is 1. The molecule has 0 fully saturated rings. The van der Waals surface area contributed by atoms with Crippen molar-refractivity contribution in [3.8, 4) is 5.75 Å². The van der Waals surface area contributed by atoms with Crippen LogP contribution in [0, 0.1) is 0 Å². The predicted octanol–water partition coefficient (Wildman–Crippen LogP) is 5.45. The molecule has 0 radical (unpaired) electrons. The van der Waals surface area contributed by atoms with E-state index in [1.54, 1.807) is 43.9 Å². The van der Waals surface area contributed by atoms with Gasteiger partial charge in [-0.15, -0.1) is 11.3 Å². The predicted molar refractivity (Wildman–Crippen MR) is 158 cm³/mol. The van der Waals surface area contributed by atoms with Gasteiger partial charge < -0.3 is 24.4 Å². The quantitative estimate of drug-likeness (QED) is 0.322. The van der Waals surface area contributed by atoms with Crippen LogP contribution < -0.4 is 10.1 Å². The fourth-order valence-electron chi connectivity index (χ4n) is 4.59. The van der Waals surface area contributed by atoms with E-state index in [1.165, 1.54) is 4.88 Å². The first-order valence-electron chi connectivity index (χ1n) is 13.9. The van der Waals surface area contributed by atoms with Crippen LogP contribution in [-0.4, -0.2) is 47.7 Å². The number of nitrogens with zero attached hydrogens (tertiary/aromatic N) is 1. The van der Waals surface area contributed by atoms with Crippen molar-refractivity contribution in [1.82, 2.24) is 10.2 Å². The molecule has 2 aromatic carbocycles. The fraction of sp³-hybridized carbons (Fsp3) is 0.406. The van der Waals surface area contributed by atoms with E-state index in [0.717, 1.165) is 27.3 Å². The van der Waals surface area contributed by atoms with Crippen LogP contribution in [0.25, 0.3) is 0 Å². The zero-order chi connectivity index (χ0) is 29.4. The summed E-state index contributed by atoms with van der Waals surface area (Å²) in [7, 11) is 0. The van der Waals surface area contributed by atoms with Gasteiger partial charge in [-0.1, -0.05) is 42.5 Å². The van der Waals surface area contributed by atoms with Gasteiger partial charge in [-0.2, -0.15) is 0 Å². The molecule has 0 bridgehead atoms. The molecule has 2 heterocycles. The van der Waals surface area contributed by atoms with Gasteiger partial charge in [0.15, 0.2) is 0 Å². The lowest BCUT2D eigenvalue weighted by molar-refractivity contribution is -0.142. The van der Waals surface area contributed by atoms with E-state index in [4.69, 9.17) is 14.2 Å². The number of carbonyl (C=O) groups is 3. The number of esters is 1. The number of alkyl carbamates (subject to hydrolysis) is 1. The Labute approximate surface area is 245 Å². The fourth-order valence-corrected chi connectivity index (χ4v) is 5.75. The maximum Gasteiger partial charge on any atom is 0.408 e. The largest absolute Gasteiger partial charge is 0.489 e. The first-order chi connectivity index (χ1) is 19.6. The van der Waals surface area contributed by atoms with Gasteiger partial charge in [-0.25, -0.2) is 4.79 Å². The second-order valence-corrected chi connectivity index (χ2v) is 12.2. The summed E-state index contributed by atoms with van der Waals surface area (Å²) in [4.78, 5) is 42.3. The highest BCUT2D eigenvalue weighted by Gasteiger charge is 2.31. The Morgan fingerprint density at radius 3 is 2.44 bits per heavy atom. The second kappa shape index (κ2) is 13.7. The van der Waals surface area contributed by atoms with Gasteiger partial charge in [-0.3, -0.25) is 9.59 Å². The molecule has 218 valence electrons. The Balaban J connectivity index is 1.44. The van der Waals surface area contributed by atoms with Crippen molar-refractivity contribution in [3.63, 3.8) is 0 Å². The van der Waals surface area contributed by atoms with Crippen molar-refractivity contribution in [3.05, 3.63) is 87.1 Å². The average molecular weight is 579 g/mol. The number of carbonyl (C=O) groups excluding carboxylic acids is 3. The summed E-state index contributed by atoms with van der Waals surface area (Å²) in [6.07, 6.45) is 0.593. The molecule has 4 rings (SSSR count). The number of thiophene rings is 1. The number of amides is 2. The van der Waals surface area contributed by atoms with Gasteiger partial charge in [0.25, 0.3) is 0 Å². The van der Waals surface area contributed by atoms with Crippen molar-refractivity contribution in [2.45, 2.75) is 71.8 Å². The molecule has 9 heteroatoms. The lowest BCUT2D eigenvalue weighted by Gasteiger charge is -2.31. The molecule has 41 heavy (non-hydrogen) atoms. The highest BCUT2D eigenvalue weighted by Crippen LogP contribution is 2.29. The highest BCUT2D eigenvalue weighted by atomic mass is 32.1. The zero-order valence-corrected chi connectivity index (χ0v) is 24.9. The highest BCUT2D eigenvalue weighted by molar-refractivity contribution is 7.12. The molecular formula is C32H38N2O6S. The molecule has 1 N–H and O–H groups in total. The van der Waals surface area contributed by atoms with Gasteiger partial charge in [0, 0.05) is 29.3 Å². The SMILES string of the molecule is CCOC(=O)Cc1cc2c(s1)CCN(C(=O)[C@H](Cc1ccc(OCc3ccccc3)cc1)NC(=O)OC(C)(C)C)C2. The third-order valence-electron chi connectivity index (χ3n) is 6.45. The van der Waals surface area contributed by atoms with Gasteiger partial charge in [0.1, 0.15) is 24.0 Å². The lowest BCUT2D eigenvalue weighted by Crippen LogP contribution is -2.51. The summed E-state index contributed by atoms with van der Waals surface area (Å²) in [6.45, 7) is 8.91. The van der Waals surface area contributed by atoms with Gasteiger partial charge >= 0.3 is 12.1 Å². The maximum absolute atomic E-state index is 13.8. The minimum Gasteiger partial charge on any atom is -0.489 e. The third kappa shape index (κ3) is 9.08. The summed E-state index contributed by atoms with van der Waals surface area (Å²) in [5.41, 5.74) is 2.30. The van der Waals surface area contributed by atoms with Crippen LogP contribution in [0.5, 0.6) is 5.75 Å². The number of nitrogens with one attached hydrogen (secondary N) is 1. The van der Waals surface area contributed by atoms with Gasteiger partial charge in [-0.05, 0) is 69.0 Å². The molecule has 8 nitrogen and oxygen atoms in total. The summed E-state index contributed by atoms with van der Waals surface area (Å²) in [6, 6.07) is 18.7. The summed E-state index contributed by atoms with van der Waals surface area (Å²) in [5, 5.41) is 2.81. The Hall–Kier alpha value is -3.85. The van der Waals surface area contributed by atoms with E-state index in [9.17, 15) is 14.4 Å². The standard InChI is InChI=1S/C32H38N2O6S/c1-5-38-29(35)19-26-18-24-20-34(16-15-28(24)41-26)30(36)27(33-31(37)40-32(2,3)4)17-22-11-13-25(14-12-22)39-21-23-9-7-6-8-10-23/h6-14,18,27H,5,15-17,19-21H2,1-4H3,(H,33,37)/t27-/m0/s1. The van der Waals surface area contributed by atoms with Crippen molar-refractivity contribution >= 4 is 29.3 Å². The summed E-state index contributed by atoms with van der Waals surface area (Å²) in [5.74, 6) is 0.293. The van der Waals surface area contributed by atoms with Crippen LogP contribution in [0.4, 0.5) is 4.79 Å². The number of benzene rings is 2. The third-order valence-corrected chi connectivity index (χ3v) is 7.69. The van der Waals surface area contributed by atoms with Crippen molar-refractivity contribution in [1.29, 1.82) is 0 Å². The van der Waals surface area contributed by atoms with Crippen LogP contribution >= 0.6 is 11.3 Å². The topological polar surface area (TPSA) is 94.2 Å². The molecule has 0 unspecified atom stereocenters. The lowest BCUT2D eigenvalue weighted by atomic mass is 10.0. The molecule has 0 saturated carbocycles. The Bertz CT molecular complexity index is 1330. The zero-order valence-electron chi connectivity index (χ0n) is 24.1. The van der Waals surface area contributed by atoms with E-state index in [1.807, 2.05) is 60.7 Å². The van der Waals surface area contributed by atoms with Crippen molar-refractivity contribution in [2.24, 2.45) is 0 Å². The van der Waals surface area contributed by atoms with E-state index in [2.05, 4.69) is 5.32 Å². The minimum atomic E-state index is -0.805. The van der Waals surface area contributed by atoms with Crippen LogP contribution in [0.3, 0.4) is 0 Å². The second-order valence-electron chi connectivity index (χ2n) is 11.0. The molecule has 2 amide bonds. The monoisotopic (exact) mass is 578 g/mol. The van der Waals surface area contributed by atoms with Crippen molar-refractivity contribution < 1.29 is 28.6 Å². The van der Waals surface area contributed by atoms with E-state index in [-0.39, 0.29) is 18.3 Å². The maximum atomic E-state index is 13.8. The van der Waals surface area contributed by atoms with E-state index in [0.29, 0.717) is 39.1 Å². The minimum absolute atomic E-state index is 0.177. The number of hydrogen-bond donors (Lipinski definition) is 1. The van der Waals surface area contributed by atoms with Crippen LogP contribution in [0.1, 0.15) is 54.1 Å². The smallest absolute Gasteiger partial charge is 0.408 e. The molecule has 1 aliphatic rings. The van der Waals surface area contributed by atoms with Crippen LogP contribution in [-0.2, 0) is 51.5 Å². The van der Waals surface area contributed by atoms with Gasteiger partial charge in [0.2, 0.25) is 5.91 Å².